The van der Waals surface area contributed by atoms with E-state index in [-0.39, 0.29) is 6.04 Å². The second-order valence-corrected chi connectivity index (χ2v) is 5.13. The largest absolute Gasteiger partial charge is 0.271 e. The van der Waals surface area contributed by atoms with E-state index in [4.69, 9.17) is 17.4 Å². The van der Waals surface area contributed by atoms with E-state index in [1.54, 1.807) is 11.3 Å². The first kappa shape index (κ1) is 13.7. The standard InChI is InChI=1S/C12H19ClN2S/c1-2-3-4-5-6-7-11(15-14)12-10(13)8-9-16-12/h2,8-9,11,15H,1,3-7,14H2. The fourth-order valence-corrected chi connectivity index (χ4v) is 2.94. The highest BCUT2D eigenvalue weighted by Gasteiger charge is 2.13. The first-order valence-corrected chi connectivity index (χ1v) is 6.85. The molecule has 0 aliphatic rings. The highest BCUT2D eigenvalue weighted by molar-refractivity contribution is 7.10. The van der Waals surface area contributed by atoms with Crippen LogP contribution in [0.2, 0.25) is 5.02 Å². The molecular weight excluding hydrogens is 240 g/mol. The van der Waals surface area contributed by atoms with Crippen molar-refractivity contribution < 1.29 is 0 Å². The summed E-state index contributed by atoms with van der Waals surface area (Å²) in [4.78, 5) is 1.15. The number of allylic oxidation sites excluding steroid dienone is 1. The summed E-state index contributed by atoms with van der Waals surface area (Å²) in [5, 5.41) is 2.82. The molecule has 1 aromatic heterocycles. The fraction of sp³-hybridized carbons (Fsp3) is 0.500. The van der Waals surface area contributed by atoms with E-state index < -0.39 is 0 Å². The van der Waals surface area contributed by atoms with E-state index >= 15 is 0 Å². The van der Waals surface area contributed by atoms with Crippen LogP contribution in [0.1, 0.15) is 43.0 Å². The Morgan fingerprint density at radius 1 is 1.50 bits per heavy atom. The summed E-state index contributed by atoms with van der Waals surface area (Å²) in [6.45, 7) is 3.71. The number of halogens is 1. The lowest BCUT2D eigenvalue weighted by Gasteiger charge is -2.14. The Balaban J connectivity index is 2.33. The van der Waals surface area contributed by atoms with Gasteiger partial charge in [-0.2, -0.15) is 0 Å². The van der Waals surface area contributed by atoms with Crippen molar-refractivity contribution in [1.29, 1.82) is 0 Å². The van der Waals surface area contributed by atoms with E-state index in [0.717, 1.165) is 29.2 Å². The minimum absolute atomic E-state index is 0.191. The van der Waals surface area contributed by atoms with Gasteiger partial charge in [0.1, 0.15) is 0 Å². The lowest BCUT2D eigenvalue weighted by Crippen LogP contribution is -2.27. The third kappa shape index (κ3) is 4.26. The Labute approximate surface area is 106 Å². The molecule has 0 fully saturated rings. The molecule has 1 heterocycles. The van der Waals surface area contributed by atoms with Crippen LogP contribution in [0.15, 0.2) is 24.1 Å². The molecule has 0 aliphatic heterocycles. The molecule has 0 aromatic carbocycles. The van der Waals surface area contributed by atoms with Crippen LogP contribution in [0.3, 0.4) is 0 Å². The maximum absolute atomic E-state index is 6.08. The molecule has 90 valence electrons. The number of hydrazine groups is 1. The van der Waals surface area contributed by atoms with Crippen molar-refractivity contribution in [2.75, 3.05) is 0 Å². The lowest BCUT2D eigenvalue weighted by atomic mass is 10.1. The van der Waals surface area contributed by atoms with Gasteiger partial charge in [-0.25, -0.2) is 0 Å². The molecule has 0 amide bonds. The summed E-state index contributed by atoms with van der Waals surface area (Å²) in [7, 11) is 0. The predicted molar refractivity (Wildman–Crippen MR) is 72.7 cm³/mol. The van der Waals surface area contributed by atoms with E-state index in [9.17, 15) is 0 Å². The molecule has 0 aliphatic carbocycles. The Bertz CT molecular complexity index is 312. The maximum Gasteiger partial charge on any atom is 0.0568 e. The van der Waals surface area contributed by atoms with Crippen molar-refractivity contribution in [3.8, 4) is 0 Å². The van der Waals surface area contributed by atoms with Crippen LogP contribution in [0, 0.1) is 0 Å². The summed E-state index contributed by atoms with van der Waals surface area (Å²) >= 11 is 7.74. The zero-order chi connectivity index (χ0) is 11.8. The predicted octanol–water partition coefficient (Wildman–Crippen LogP) is 4.04. The second kappa shape index (κ2) is 7.85. The van der Waals surface area contributed by atoms with Crippen molar-refractivity contribution in [3.05, 3.63) is 34.0 Å². The molecule has 0 radical (unpaired) electrons. The van der Waals surface area contributed by atoms with Crippen LogP contribution in [-0.4, -0.2) is 0 Å². The fourth-order valence-electron chi connectivity index (χ4n) is 1.66. The first-order chi connectivity index (χ1) is 7.79. The van der Waals surface area contributed by atoms with Gasteiger partial charge in [-0.3, -0.25) is 11.3 Å². The van der Waals surface area contributed by atoms with Crippen molar-refractivity contribution in [1.82, 2.24) is 5.43 Å². The highest BCUT2D eigenvalue weighted by Crippen LogP contribution is 2.31. The summed E-state index contributed by atoms with van der Waals surface area (Å²) in [5.41, 5.74) is 2.84. The van der Waals surface area contributed by atoms with Crippen LogP contribution in [0.5, 0.6) is 0 Å². The van der Waals surface area contributed by atoms with Crippen LogP contribution in [-0.2, 0) is 0 Å². The van der Waals surface area contributed by atoms with Gasteiger partial charge in [0.05, 0.1) is 11.1 Å². The van der Waals surface area contributed by atoms with Gasteiger partial charge in [0.2, 0.25) is 0 Å². The average molecular weight is 259 g/mol. The molecule has 16 heavy (non-hydrogen) atoms. The van der Waals surface area contributed by atoms with Gasteiger partial charge in [-0.05, 0) is 30.7 Å². The van der Waals surface area contributed by atoms with Crippen LogP contribution < -0.4 is 11.3 Å². The lowest BCUT2D eigenvalue weighted by molar-refractivity contribution is 0.490. The minimum atomic E-state index is 0.191. The zero-order valence-corrected chi connectivity index (χ0v) is 11.0. The van der Waals surface area contributed by atoms with Crippen LogP contribution >= 0.6 is 22.9 Å². The second-order valence-electron chi connectivity index (χ2n) is 3.78. The molecular formula is C12H19ClN2S. The molecule has 0 bridgehead atoms. The SMILES string of the molecule is C=CCCCCCC(NN)c1sccc1Cl. The van der Waals surface area contributed by atoms with Gasteiger partial charge in [0, 0.05) is 4.88 Å². The third-order valence-electron chi connectivity index (χ3n) is 2.56. The smallest absolute Gasteiger partial charge is 0.0568 e. The number of hydrogen-bond donors (Lipinski definition) is 2. The Hall–Kier alpha value is -0.350. The number of unbranched alkanes of at least 4 members (excludes halogenated alkanes) is 3. The molecule has 4 heteroatoms. The van der Waals surface area contributed by atoms with Gasteiger partial charge < -0.3 is 0 Å². The maximum atomic E-state index is 6.08. The molecule has 3 N–H and O–H groups in total. The summed E-state index contributed by atoms with van der Waals surface area (Å²) in [6.07, 6.45) is 7.69. The number of hydrogen-bond acceptors (Lipinski definition) is 3. The molecule has 0 saturated carbocycles. The number of rotatable bonds is 8. The Morgan fingerprint density at radius 2 is 2.31 bits per heavy atom. The molecule has 0 saturated heterocycles. The van der Waals surface area contributed by atoms with Crippen molar-refractivity contribution >= 4 is 22.9 Å². The topological polar surface area (TPSA) is 38.0 Å². The summed E-state index contributed by atoms with van der Waals surface area (Å²) < 4.78 is 0. The molecule has 1 atom stereocenters. The monoisotopic (exact) mass is 258 g/mol. The quantitative estimate of drug-likeness (QED) is 0.320. The van der Waals surface area contributed by atoms with Crippen molar-refractivity contribution in [2.24, 2.45) is 5.84 Å². The van der Waals surface area contributed by atoms with Gasteiger partial charge in [-0.1, -0.05) is 30.5 Å². The highest BCUT2D eigenvalue weighted by atomic mass is 35.5. The van der Waals surface area contributed by atoms with Gasteiger partial charge >= 0.3 is 0 Å². The summed E-state index contributed by atoms with van der Waals surface area (Å²) in [5.74, 6) is 5.56. The molecule has 1 rings (SSSR count). The molecule has 1 unspecified atom stereocenters. The van der Waals surface area contributed by atoms with Crippen molar-refractivity contribution in [3.63, 3.8) is 0 Å². The van der Waals surface area contributed by atoms with E-state index in [1.165, 1.54) is 12.8 Å². The summed E-state index contributed by atoms with van der Waals surface area (Å²) in [6, 6.07) is 2.11. The Kier molecular flexibility index (Phi) is 6.73. The van der Waals surface area contributed by atoms with Gasteiger partial charge in [0.15, 0.2) is 0 Å². The van der Waals surface area contributed by atoms with Crippen LogP contribution in [0.25, 0.3) is 0 Å². The molecule has 2 nitrogen and oxygen atoms in total. The number of nitrogens with two attached hydrogens (primary N) is 1. The zero-order valence-electron chi connectivity index (χ0n) is 9.42. The van der Waals surface area contributed by atoms with Crippen LogP contribution in [0.4, 0.5) is 0 Å². The number of thiophene rings is 1. The number of nitrogens with one attached hydrogen (secondary N) is 1. The minimum Gasteiger partial charge on any atom is -0.271 e. The molecule has 1 aromatic rings. The third-order valence-corrected chi connectivity index (χ3v) is 4.04. The molecule has 0 spiro atoms. The van der Waals surface area contributed by atoms with E-state index in [2.05, 4.69) is 12.0 Å². The first-order valence-electron chi connectivity index (χ1n) is 5.59. The van der Waals surface area contributed by atoms with Gasteiger partial charge in [-0.15, -0.1) is 17.9 Å². The normalized spacial score (nSPS) is 12.6. The average Bonchev–Trinajstić information content (AvgIpc) is 2.70. The Morgan fingerprint density at radius 3 is 2.88 bits per heavy atom. The van der Waals surface area contributed by atoms with Crippen molar-refractivity contribution in [2.45, 2.75) is 38.1 Å². The van der Waals surface area contributed by atoms with E-state index in [1.807, 2.05) is 17.5 Å². The van der Waals surface area contributed by atoms with Gasteiger partial charge in [0.25, 0.3) is 0 Å². The van der Waals surface area contributed by atoms with E-state index in [0.29, 0.717) is 0 Å².